The third-order valence-electron chi connectivity index (χ3n) is 3.34. The molecule has 0 bridgehead atoms. The Morgan fingerprint density at radius 2 is 1.43 bits per heavy atom. The summed E-state index contributed by atoms with van der Waals surface area (Å²) in [5.41, 5.74) is -3.29. The molecule has 0 radical (unpaired) electrons. The number of nitro groups is 3. The summed E-state index contributed by atoms with van der Waals surface area (Å²) < 4.78 is 12.4. The lowest BCUT2D eigenvalue weighted by atomic mass is 10.0. The molecule has 3 rings (SSSR count). The molecule has 1 unspecified atom stereocenters. The minimum atomic E-state index is -1.88. The van der Waals surface area contributed by atoms with Crippen molar-refractivity contribution in [2.24, 2.45) is 0 Å². The summed E-state index contributed by atoms with van der Waals surface area (Å²) >= 11 is 0. The normalized spacial score (nSPS) is 14.9. The van der Waals surface area contributed by atoms with E-state index in [0.717, 1.165) is 6.07 Å². The Hall–Kier alpha value is -3.21. The van der Waals surface area contributed by atoms with Gasteiger partial charge in [-0.15, -0.1) is 0 Å². The zero-order valence-corrected chi connectivity index (χ0v) is 11.8. The molecule has 10 nitrogen and oxygen atoms in total. The molecular weight excluding hydrogens is 330 g/mol. The van der Waals surface area contributed by atoms with Crippen LogP contribution in [0.5, 0.6) is 0 Å². The van der Waals surface area contributed by atoms with E-state index in [2.05, 4.69) is 0 Å². The standard InChI is InChI=1S/C12H5N3O7S/c16-13(17)7-5-9-10(12(15(20)21)11(7)14(18)19)6-3-1-2-4-8(6)23(9)22/h1-5H. The second kappa shape index (κ2) is 4.91. The van der Waals surface area contributed by atoms with Crippen LogP contribution in [-0.4, -0.2) is 19.0 Å². The van der Waals surface area contributed by atoms with Gasteiger partial charge in [0.15, 0.2) is 0 Å². The first kappa shape index (κ1) is 14.7. The predicted octanol–water partition coefficient (Wildman–Crippen LogP) is 2.56. The van der Waals surface area contributed by atoms with Crippen LogP contribution in [0.1, 0.15) is 0 Å². The molecule has 0 N–H and O–H groups in total. The first-order chi connectivity index (χ1) is 10.8. The average molecular weight is 335 g/mol. The number of hydrogen-bond donors (Lipinski definition) is 0. The van der Waals surface area contributed by atoms with Crippen LogP contribution in [0.15, 0.2) is 40.1 Å². The second-order valence-corrected chi connectivity index (χ2v) is 5.92. The highest BCUT2D eigenvalue weighted by molar-refractivity contribution is 7.85. The Kier molecular flexibility index (Phi) is 3.14. The molecule has 2 aromatic carbocycles. The monoisotopic (exact) mass is 335 g/mol. The summed E-state index contributed by atoms with van der Waals surface area (Å²) in [6.07, 6.45) is 0. The fraction of sp³-hybridized carbons (Fsp3) is 0. The highest BCUT2D eigenvalue weighted by Gasteiger charge is 2.45. The molecule has 1 aliphatic heterocycles. The van der Waals surface area contributed by atoms with Gasteiger partial charge in [0, 0.05) is 11.6 Å². The molecule has 0 fully saturated rings. The van der Waals surface area contributed by atoms with E-state index in [0.29, 0.717) is 0 Å². The maximum atomic E-state index is 12.4. The summed E-state index contributed by atoms with van der Waals surface area (Å²) in [6.45, 7) is 0. The van der Waals surface area contributed by atoms with Gasteiger partial charge in [0.2, 0.25) is 0 Å². The van der Waals surface area contributed by atoms with Gasteiger partial charge in [-0.1, -0.05) is 18.2 Å². The molecule has 1 aliphatic rings. The smallest absolute Gasteiger partial charge is 0.258 e. The number of fused-ring (bicyclic) bond motifs is 3. The van der Waals surface area contributed by atoms with Gasteiger partial charge < -0.3 is 0 Å². The summed E-state index contributed by atoms with van der Waals surface area (Å²) in [4.78, 5) is 30.3. The molecule has 0 saturated carbocycles. The number of rotatable bonds is 3. The Labute approximate surface area is 129 Å². The number of nitro benzene ring substituents is 3. The van der Waals surface area contributed by atoms with Crippen molar-refractivity contribution in [3.8, 4) is 11.1 Å². The molecule has 2 aromatic rings. The van der Waals surface area contributed by atoms with Crippen LogP contribution in [0.3, 0.4) is 0 Å². The average Bonchev–Trinajstić information content (AvgIpc) is 2.78. The lowest BCUT2D eigenvalue weighted by Crippen LogP contribution is -2.04. The first-order valence-electron chi connectivity index (χ1n) is 6.00. The largest absolute Gasteiger partial charge is 0.423 e. The van der Waals surface area contributed by atoms with Crippen LogP contribution in [-0.2, 0) is 10.8 Å². The Bertz CT molecular complexity index is 940. The molecule has 1 atom stereocenters. The van der Waals surface area contributed by atoms with Crippen molar-refractivity contribution in [3.63, 3.8) is 0 Å². The lowest BCUT2D eigenvalue weighted by Gasteiger charge is -2.03. The van der Waals surface area contributed by atoms with E-state index in [9.17, 15) is 34.6 Å². The van der Waals surface area contributed by atoms with Crippen LogP contribution < -0.4 is 0 Å². The third-order valence-corrected chi connectivity index (χ3v) is 4.81. The molecule has 0 aromatic heterocycles. The molecule has 0 amide bonds. The summed E-state index contributed by atoms with van der Waals surface area (Å²) in [5.74, 6) is 0. The SMILES string of the molecule is O=[N+]([O-])c1cc2c(c([N+](=O)[O-])c1[N+](=O)[O-])-c1ccccc1S2=O. The van der Waals surface area contributed by atoms with Crippen molar-refractivity contribution in [1.29, 1.82) is 0 Å². The van der Waals surface area contributed by atoms with Crippen molar-refractivity contribution < 1.29 is 19.0 Å². The molecule has 0 aliphatic carbocycles. The predicted molar refractivity (Wildman–Crippen MR) is 76.5 cm³/mol. The van der Waals surface area contributed by atoms with E-state index in [1.165, 1.54) is 18.2 Å². The number of hydrogen-bond acceptors (Lipinski definition) is 7. The minimum Gasteiger partial charge on any atom is -0.258 e. The molecular formula is C12H5N3O7S. The van der Waals surface area contributed by atoms with Gasteiger partial charge >= 0.3 is 17.1 Å². The van der Waals surface area contributed by atoms with Crippen LogP contribution in [0.4, 0.5) is 17.1 Å². The van der Waals surface area contributed by atoms with Gasteiger partial charge in [-0.2, -0.15) is 0 Å². The highest BCUT2D eigenvalue weighted by Crippen LogP contribution is 2.52. The third kappa shape index (κ3) is 1.97. The van der Waals surface area contributed by atoms with E-state index < -0.39 is 42.6 Å². The van der Waals surface area contributed by atoms with Crippen molar-refractivity contribution in [2.45, 2.75) is 9.79 Å². The highest BCUT2D eigenvalue weighted by atomic mass is 32.2. The molecule has 0 spiro atoms. The maximum absolute atomic E-state index is 12.4. The van der Waals surface area contributed by atoms with Crippen molar-refractivity contribution in [3.05, 3.63) is 60.7 Å². The van der Waals surface area contributed by atoms with Gasteiger partial charge in [0.05, 0.1) is 40.9 Å². The van der Waals surface area contributed by atoms with Crippen molar-refractivity contribution in [2.75, 3.05) is 0 Å². The number of nitrogens with zero attached hydrogens (tertiary/aromatic N) is 3. The van der Waals surface area contributed by atoms with Gasteiger partial charge in [0.1, 0.15) is 0 Å². The zero-order valence-electron chi connectivity index (χ0n) is 11.0. The van der Waals surface area contributed by atoms with Gasteiger partial charge in [0.25, 0.3) is 0 Å². The van der Waals surface area contributed by atoms with E-state index in [1.807, 2.05) is 0 Å². The van der Waals surface area contributed by atoms with E-state index in [1.54, 1.807) is 6.07 Å². The van der Waals surface area contributed by atoms with Crippen molar-refractivity contribution >= 4 is 27.9 Å². The van der Waals surface area contributed by atoms with Gasteiger partial charge in [-0.3, -0.25) is 30.3 Å². The fourth-order valence-corrected chi connectivity index (χ4v) is 3.90. The van der Waals surface area contributed by atoms with Crippen LogP contribution >= 0.6 is 0 Å². The van der Waals surface area contributed by atoms with E-state index >= 15 is 0 Å². The fourth-order valence-electron chi connectivity index (χ4n) is 2.48. The Balaban J connectivity index is 2.54. The van der Waals surface area contributed by atoms with Crippen LogP contribution in [0, 0.1) is 30.3 Å². The van der Waals surface area contributed by atoms with Crippen molar-refractivity contribution in [1.82, 2.24) is 0 Å². The Morgan fingerprint density at radius 1 is 0.826 bits per heavy atom. The van der Waals surface area contributed by atoms with E-state index in [-0.39, 0.29) is 20.9 Å². The van der Waals surface area contributed by atoms with Gasteiger partial charge in [-0.05, 0) is 6.07 Å². The van der Waals surface area contributed by atoms with Crippen LogP contribution in [0.25, 0.3) is 11.1 Å². The number of benzene rings is 2. The minimum absolute atomic E-state index is 0.171. The lowest BCUT2D eigenvalue weighted by molar-refractivity contribution is -0.440. The summed E-state index contributed by atoms with van der Waals surface area (Å²) in [7, 11) is -1.88. The van der Waals surface area contributed by atoms with Gasteiger partial charge in [-0.25, -0.2) is 4.21 Å². The molecule has 23 heavy (non-hydrogen) atoms. The molecule has 1 heterocycles. The molecule has 0 saturated heterocycles. The maximum Gasteiger partial charge on any atom is 0.423 e. The summed E-state index contributed by atoms with van der Waals surface area (Å²) in [6, 6.07) is 6.74. The Morgan fingerprint density at radius 3 is 2.00 bits per heavy atom. The topological polar surface area (TPSA) is 146 Å². The van der Waals surface area contributed by atoms with Crippen LogP contribution in [0.2, 0.25) is 0 Å². The first-order valence-corrected chi connectivity index (χ1v) is 7.15. The molecule has 11 heteroatoms. The zero-order chi connectivity index (χ0) is 16.9. The molecule has 116 valence electrons. The second-order valence-electron chi connectivity index (χ2n) is 4.50. The quantitative estimate of drug-likeness (QED) is 0.527. The van der Waals surface area contributed by atoms with E-state index in [4.69, 9.17) is 0 Å². The summed E-state index contributed by atoms with van der Waals surface area (Å²) in [5, 5.41) is 33.6.